The summed E-state index contributed by atoms with van der Waals surface area (Å²) in [5.41, 5.74) is -0.647. The van der Waals surface area contributed by atoms with Gasteiger partial charge < -0.3 is 10.0 Å². The van der Waals surface area contributed by atoms with Crippen molar-refractivity contribution < 1.29 is 17.9 Å². The fourth-order valence-electron chi connectivity index (χ4n) is 2.90. The van der Waals surface area contributed by atoms with Crippen LogP contribution in [0.15, 0.2) is 17.0 Å². The standard InChI is InChI=1S/C15H23FN2O3S/c1-10(2)15(19)7-4-8-18(9-15)14-12(22(17,20)21)6-5-11(3)13(14)16/h5-6,10,19H,4,7-9H2,1-3H3,(H2,17,20,21). The molecule has 3 N–H and O–H groups in total. The number of rotatable bonds is 3. The zero-order valence-corrected chi connectivity index (χ0v) is 14.0. The molecule has 0 aromatic heterocycles. The monoisotopic (exact) mass is 330 g/mol. The molecule has 22 heavy (non-hydrogen) atoms. The highest BCUT2D eigenvalue weighted by Crippen LogP contribution is 2.36. The van der Waals surface area contributed by atoms with Gasteiger partial charge in [-0.1, -0.05) is 19.9 Å². The van der Waals surface area contributed by atoms with Gasteiger partial charge in [0.25, 0.3) is 0 Å². The van der Waals surface area contributed by atoms with Gasteiger partial charge in [-0.25, -0.2) is 17.9 Å². The second-order valence-electron chi connectivity index (χ2n) is 6.37. The molecule has 0 saturated carbocycles. The number of hydrogen-bond donors (Lipinski definition) is 2. The SMILES string of the molecule is Cc1ccc(S(N)(=O)=O)c(N2CCCC(O)(C(C)C)C2)c1F. The minimum atomic E-state index is -4.04. The Bertz CT molecular complexity index is 676. The largest absolute Gasteiger partial charge is 0.388 e. The summed E-state index contributed by atoms with van der Waals surface area (Å²) in [6.07, 6.45) is 1.27. The van der Waals surface area contributed by atoms with Gasteiger partial charge in [-0.05, 0) is 37.3 Å². The Hall–Kier alpha value is -1.18. The molecule has 1 aromatic rings. The highest BCUT2D eigenvalue weighted by molar-refractivity contribution is 7.89. The topological polar surface area (TPSA) is 83.6 Å². The third-order valence-electron chi connectivity index (χ3n) is 4.47. The van der Waals surface area contributed by atoms with Gasteiger partial charge in [-0.2, -0.15) is 0 Å². The Morgan fingerprint density at radius 2 is 2.05 bits per heavy atom. The van der Waals surface area contributed by atoms with Gasteiger partial charge in [0.1, 0.15) is 4.90 Å². The lowest BCUT2D eigenvalue weighted by atomic mass is 9.82. The summed E-state index contributed by atoms with van der Waals surface area (Å²) >= 11 is 0. The molecular formula is C15H23FN2O3S. The van der Waals surface area contributed by atoms with Crippen LogP contribution < -0.4 is 10.0 Å². The van der Waals surface area contributed by atoms with Crippen molar-refractivity contribution in [3.05, 3.63) is 23.5 Å². The van der Waals surface area contributed by atoms with E-state index in [0.717, 1.165) is 0 Å². The van der Waals surface area contributed by atoms with E-state index in [4.69, 9.17) is 5.14 Å². The van der Waals surface area contributed by atoms with Crippen molar-refractivity contribution >= 4 is 15.7 Å². The number of primary sulfonamides is 1. The van der Waals surface area contributed by atoms with Crippen LogP contribution in [-0.2, 0) is 10.0 Å². The fraction of sp³-hybridized carbons (Fsp3) is 0.600. The van der Waals surface area contributed by atoms with Crippen LogP contribution in [0.2, 0.25) is 0 Å². The van der Waals surface area contributed by atoms with Crippen LogP contribution in [0, 0.1) is 18.7 Å². The van der Waals surface area contributed by atoms with E-state index >= 15 is 0 Å². The van der Waals surface area contributed by atoms with Crippen molar-refractivity contribution in [3.63, 3.8) is 0 Å². The maximum absolute atomic E-state index is 14.6. The van der Waals surface area contributed by atoms with Crippen LogP contribution in [0.4, 0.5) is 10.1 Å². The summed E-state index contributed by atoms with van der Waals surface area (Å²) in [5, 5.41) is 15.9. The van der Waals surface area contributed by atoms with Gasteiger partial charge in [-0.3, -0.25) is 0 Å². The Balaban J connectivity index is 2.54. The molecule has 0 amide bonds. The van der Waals surface area contributed by atoms with Crippen molar-refractivity contribution in [1.82, 2.24) is 0 Å². The zero-order valence-electron chi connectivity index (χ0n) is 13.1. The van der Waals surface area contributed by atoms with E-state index in [1.54, 1.807) is 11.8 Å². The predicted molar refractivity (Wildman–Crippen MR) is 83.7 cm³/mol. The number of piperidine rings is 1. The molecular weight excluding hydrogens is 307 g/mol. The van der Waals surface area contributed by atoms with Gasteiger partial charge >= 0.3 is 0 Å². The van der Waals surface area contributed by atoms with Gasteiger partial charge in [-0.15, -0.1) is 0 Å². The molecule has 2 rings (SSSR count). The number of anilines is 1. The van der Waals surface area contributed by atoms with E-state index in [1.807, 2.05) is 13.8 Å². The first-order valence-corrected chi connectivity index (χ1v) is 8.90. The maximum atomic E-state index is 14.6. The molecule has 0 aliphatic carbocycles. The highest BCUT2D eigenvalue weighted by atomic mass is 32.2. The number of aryl methyl sites for hydroxylation is 1. The quantitative estimate of drug-likeness (QED) is 0.885. The third kappa shape index (κ3) is 3.11. The molecule has 1 aliphatic rings. The molecule has 0 spiro atoms. The van der Waals surface area contributed by atoms with Gasteiger partial charge in [0.2, 0.25) is 10.0 Å². The summed E-state index contributed by atoms with van der Waals surface area (Å²) in [4.78, 5) is 1.37. The minimum Gasteiger partial charge on any atom is -0.388 e. The number of nitrogens with two attached hydrogens (primary N) is 1. The first kappa shape index (κ1) is 17.2. The lowest BCUT2D eigenvalue weighted by Crippen LogP contribution is -2.52. The van der Waals surface area contributed by atoms with Crippen molar-refractivity contribution in [2.75, 3.05) is 18.0 Å². The molecule has 1 fully saturated rings. The van der Waals surface area contributed by atoms with E-state index in [2.05, 4.69) is 0 Å². The summed E-state index contributed by atoms with van der Waals surface area (Å²) in [6, 6.07) is 2.73. The normalized spacial score (nSPS) is 23.1. The lowest BCUT2D eigenvalue weighted by Gasteiger charge is -2.43. The molecule has 1 atom stereocenters. The Morgan fingerprint density at radius 3 is 2.59 bits per heavy atom. The average Bonchev–Trinajstić information content (AvgIpc) is 2.40. The Morgan fingerprint density at radius 1 is 1.41 bits per heavy atom. The molecule has 1 saturated heterocycles. The minimum absolute atomic E-state index is 0.0129. The molecule has 1 aliphatic heterocycles. The lowest BCUT2D eigenvalue weighted by molar-refractivity contribution is -0.0169. The average molecular weight is 330 g/mol. The number of benzene rings is 1. The van der Waals surface area contributed by atoms with Gasteiger partial charge in [0.05, 0.1) is 11.3 Å². The predicted octanol–water partition coefficient (Wildman–Crippen LogP) is 1.77. The Kier molecular flexibility index (Phi) is 4.52. The highest BCUT2D eigenvalue weighted by Gasteiger charge is 2.38. The first-order chi connectivity index (χ1) is 10.1. The van der Waals surface area contributed by atoms with E-state index in [-0.39, 0.29) is 23.0 Å². The van der Waals surface area contributed by atoms with E-state index in [0.29, 0.717) is 24.9 Å². The summed E-state index contributed by atoms with van der Waals surface area (Å²) < 4.78 is 38.1. The van der Waals surface area contributed by atoms with Crippen LogP contribution in [0.5, 0.6) is 0 Å². The van der Waals surface area contributed by atoms with Crippen molar-refractivity contribution in [2.24, 2.45) is 11.1 Å². The molecule has 7 heteroatoms. The molecule has 5 nitrogen and oxygen atoms in total. The summed E-state index contributed by atoms with van der Waals surface area (Å²) in [6.45, 7) is 6.04. The van der Waals surface area contributed by atoms with Crippen LogP contribution in [0.1, 0.15) is 32.3 Å². The molecule has 0 bridgehead atoms. The Labute approximate surface area is 131 Å². The third-order valence-corrected chi connectivity index (χ3v) is 5.41. The van der Waals surface area contributed by atoms with E-state index in [1.165, 1.54) is 12.1 Å². The second-order valence-corrected chi connectivity index (χ2v) is 7.90. The number of nitrogens with zero attached hydrogens (tertiary/aromatic N) is 1. The molecule has 1 aromatic carbocycles. The van der Waals surface area contributed by atoms with Gasteiger partial charge in [0.15, 0.2) is 5.82 Å². The van der Waals surface area contributed by atoms with Crippen LogP contribution in [0.3, 0.4) is 0 Å². The van der Waals surface area contributed by atoms with Crippen LogP contribution >= 0.6 is 0 Å². The van der Waals surface area contributed by atoms with E-state index in [9.17, 15) is 17.9 Å². The number of β-amino-alcohol motifs (C(OH)–C–C–N with tert-alkyl or cyclic N) is 1. The summed E-state index contributed by atoms with van der Waals surface area (Å²) in [7, 11) is -4.04. The molecule has 1 heterocycles. The fourth-order valence-corrected chi connectivity index (χ4v) is 3.64. The number of halogens is 1. The van der Waals surface area contributed by atoms with Crippen molar-refractivity contribution in [3.8, 4) is 0 Å². The number of aliphatic hydroxyl groups is 1. The van der Waals surface area contributed by atoms with Crippen LogP contribution in [0.25, 0.3) is 0 Å². The molecule has 124 valence electrons. The summed E-state index contributed by atoms with van der Waals surface area (Å²) in [5.74, 6) is -0.611. The smallest absolute Gasteiger partial charge is 0.240 e. The maximum Gasteiger partial charge on any atom is 0.240 e. The number of hydrogen-bond acceptors (Lipinski definition) is 4. The van der Waals surface area contributed by atoms with Crippen molar-refractivity contribution in [2.45, 2.75) is 44.1 Å². The second kappa shape index (κ2) is 5.79. The van der Waals surface area contributed by atoms with Crippen LogP contribution in [-0.4, -0.2) is 32.2 Å². The van der Waals surface area contributed by atoms with Gasteiger partial charge in [0, 0.05) is 13.1 Å². The first-order valence-electron chi connectivity index (χ1n) is 7.35. The van der Waals surface area contributed by atoms with Crippen molar-refractivity contribution in [1.29, 1.82) is 0 Å². The molecule has 0 radical (unpaired) electrons. The zero-order chi connectivity index (χ0) is 16.7. The van der Waals surface area contributed by atoms with E-state index < -0.39 is 21.4 Å². The molecule has 1 unspecified atom stereocenters. The number of sulfonamides is 1.